The summed E-state index contributed by atoms with van der Waals surface area (Å²) in [5, 5.41) is 0. The Balaban J connectivity index is 0.00000169. The molecule has 2 heteroatoms. The predicted octanol–water partition coefficient (Wildman–Crippen LogP) is 5.53. The SMILES string of the molecule is CC(C)(c1[c-]cccc1)c1[c-]c[c-]c(C(C)(C)c2[c-]cccc2)c1.[Y].[Y]. The Kier molecular flexibility index (Phi) is 9.08. The topological polar surface area (TPSA) is 0 Å². The first-order valence-electron chi connectivity index (χ1n) is 8.31. The predicted molar refractivity (Wildman–Crippen MR) is 98.9 cm³/mol. The van der Waals surface area contributed by atoms with Crippen LogP contribution in [0.1, 0.15) is 49.9 Å². The van der Waals surface area contributed by atoms with Crippen LogP contribution in [0.5, 0.6) is 0 Å². The Bertz CT molecular complexity index is 739. The van der Waals surface area contributed by atoms with E-state index in [9.17, 15) is 0 Å². The van der Waals surface area contributed by atoms with Gasteiger partial charge in [-0.25, -0.2) is 0 Å². The van der Waals surface area contributed by atoms with Crippen LogP contribution in [0.2, 0.25) is 0 Å². The van der Waals surface area contributed by atoms with E-state index in [1.165, 1.54) is 11.1 Å². The first kappa shape index (κ1) is 23.9. The molecule has 3 aromatic carbocycles. The Labute approximate surface area is 209 Å². The summed E-state index contributed by atoms with van der Waals surface area (Å²) in [5.41, 5.74) is 4.35. The van der Waals surface area contributed by atoms with Crippen molar-refractivity contribution in [2.45, 2.75) is 38.5 Å². The standard InChI is InChI=1S/C24H22.2Y/c1-23(2,19-12-7-5-8-13-19)21-16-11-17-22(18-21)24(3,4)20-14-9-6-10-15-20;;/h5-12,14,18H,1-4H3;;/q-4;;. The molecule has 0 fully saturated rings. The normalized spacial score (nSPS) is 11.2. The van der Waals surface area contributed by atoms with Crippen molar-refractivity contribution in [3.05, 3.63) is 107 Å². The molecular weight excluding hydrogens is 466 g/mol. The fourth-order valence-corrected chi connectivity index (χ4v) is 3.00. The molecule has 0 unspecified atom stereocenters. The molecule has 0 aliphatic carbocycles. The molecule has 0 saturated heterocycles. The molecule has 0 saturated carbocycles. The molecule has 26 heavy (non-hydrogen) atoms. The van der Waals surface area contributed by atoms with Crippen LogP contribution in [0.15, 0.2) is 60.7 Å². The van der Waals surface area contributed by atoms with Crippen LogP contribution in [-0.2, 0) is 76.2 Å². The molecule has 3 aromatic rings. The van der Waals surface area contributed by atoms with Gasteiger partial charge in [0.05, 0.1) is 0 Å². The monoisotopic (exact) mass is 488 g/mol. The Morgan fingerprint density at radius 1 is 0.577 bits per heavy atom. The van der Waals surface area contributed by atoms with Crippen molar-refractivity contribution in [2.75, 3.05) is 0 Å². The Morgan fingerprint density at radius 2 is 1.00 bits per heavy atom. The molecule has 0 aliphatic heterocycles. The molecule has 0 N–H and O–H groups in total. The van der Waals surface area contributed by atoms with Gasteiger partial charge in [-0.15, -0.1) is 0 Å². The smallest absolute Gasteiger partial charge is 0 e. The molecule has 0 atom stereocenters. The molecule has 2 radical (unpaired) electrons. The molecule has 3 rings (SSSR count). The number of hydrogen-bond donors (Lipinski definition) is 0. The zero-order valence-corrected chi connectivity index (χ0v) is 21.6. The molecular formula is C24H22Y2-4. The average Bonchev–Trinajstić information content (AvgIpc) is 2.63. The molecule has 0 aromatic heterocycles. The summed E-state index contributed by atoms with van der Waals surface area (Å²) in [6.07, 6.45) is 0. The van der Waals surface area contributed by atoms with Crippen LogP contribution in [0.4, 0.5) is 0 Å². The van der Waals surface area contributed by atoms with Crippen LogP contribution >= 0.6 is 0 Å². The van der Waals surface area contributed by atoms with E-state index in [1.807, 2.05) is 30.3 Å². The fourth-order valence-electron chi connectivity index (χ4n) is 3.00. The van der Waals surface area contributed by atoms with Crippen molar-refractivity contribution in [3.8, 4) is 0 Å². The van der Waals surface area contributed by atoms with E-state index in [0.29, 0.717) is 0 Å². The minimum Gasteiger partial charge on any atom is -0.355 e. The van der Waals surface area contributed by atoms with E-state index >= 15 is 0 Å². The third kappa shape index (κ3) is 5.02. The molecule has 128 valence electrons. The van der Waals surface area contributed by atoms with Gasteiger partial charge in [0, 0.05) is 65.4 Å². The van der Waals surface area contributed by atoms with Gasteiger partial charge in [-0.2, -0.15) is 71.8 Å². The van der Waals surface area contributed by atoms with Gasteiger partial charge < -0.3 is 18.2 Å². The largest absolute Gasteiger partial charge is 0.355 e. The van der Waals surface area contributed by atoms with E-state index in [1.54, 1.807) is 0 Å². The van der Waals surface area contributed by atoms with E-state index in [0.717, 1.165) is 11.1 Å². The summed E-state index contributed by atoms with van der Waals surface area (Å²) in [7, 11) is 0. The van der Waals surface area contributed by atoms with Crippen LogP contribution in [0.25, 0.3) is 0 Å². The fraction of sp³-hybridized carbons (Fsp3) is 0.250. The van der Waals surface area contributed by atoms with Crippen LogP contribution < -0.4 is 0 Å². The molecule has 0 aliphatic rings. The first-order chi connectivity index (χ1) is 11.4. The van der Waals surface area contributed by atoms with E-state index in [-0.39, 0.29) is 76.2 Å². The Morgan fingerprint density at radius 3 is 1.35 bits per heavy atom. The van der Waals surface area contributed by atoms with Crippen molar-refractivity contribution in [3.63, 3.8) is 0 Å². The molecule has 0 bridgehead atoms. The van der Waals surface area contributed by atoms with Crippen molar-refractivity contribution >= 4 is 0 Å². The molecule has 0 spiro atoms. The first-order valence-corrected chi connectivity index (χ1v) is 8.31. The van der Waals surface area contributed by atoms with Gasteiger partial charge in [-0.05, 0) is 0 Å². The van der Waals surface area contributed by atoms with Crippen LogP contribution in [0.3, 0.4) is 0 Å². The summed E-state index contributed by atoms with van der Waals surface area (Å²) in [4.78, 5) is 0. The maximum atomic E-state index is 3.39. The number of rotatable bonds is 4. The second-order valence-electron chi connectivity index (χ2n) is 7.21. The van der Waals surface area contributed by atoms with Gasteiger partial charge in [0.2, 0.25) is 0 Å². The van der Waals surface area contributed by atoms with Gasteiger partial charge in [0.15, 0.2) is 0 Å². The van der Waals surface area contributed by atoms with Gasteiger partial charge in [-0.3, -0.25) is 17.2 Å². The van der Waals surface area contributed by atoms with Crippen molar-refractivity contribution < 1.29 is 65.4 Å². The summed E-state index contributed by atoms with van der Waals surface area (Å²) < 4.78 is 0. The van der Waals surface area contributed by atoms with E-state index < -0.39 is 0 Å². The number of benzene rings is 3. The van der Waals surface area contributed by atoms with Crippen molar-refractivity contribution in [1.29, 1.82) is 0 Å². The zero-order chi connectivity index (χ0) is 17.2. The second-order valence-corrected chi connectivity index (χ2v) is 7.21. The van der Waals surface area contributed by atoms with Crippen molar-refractivity contribution in [2.24, 2.45) is 0 Å². The van der Waals surface area contributed by atoms with Crippen LogP contribution in [-0.4, -0.2) is 0 Å². The Hall–Kier alpha value is -0.132. The van der Waals surface area contributed by atoms with Crippen molar-refractivity contribution in [1.82, 2.24) is 0 Å². The summed E-state index contributed by atoms with van der Waals surface area (Å²) in [6.45, 7) is 8.87. The second kappa shape index (κ2) is 9.88. The molecule has 0 amide bonds. The minimum absolute atomic E-state index is 0. The van der Waals surface area contributed by atoms with Crippen LogP contribution in [0, 0.1) is 24.3 Å². The summed E-state index contributed by atoms with van der Waals surface area (Å²) in [5.74, 6) is 0. The summed E-state index contributed by atoms with van der Waals surface area (Å²) >= 11 is 0. The third-order valence-corrected chi connectivity index (χ3v) is 4.86. The van der Waals surface area contributed by atoms with E-state index in [4.69, 9.17) is 0 Å². The quantitative estimate of drug-likeness (QED) is 0.424. The van der Waals surface area contributed by atoms with Gasteiger partial charge >= 0.3 is 0 Å². The maximum absolute atomic E-state index is 3.39. The zero-order valence-electron chi connectivity index (χ0n) is 15.9. The average molecular weight is 488 g/mol. The maximum Gasteiger partial charge on any atom is 0 e. The third-order valence-electron chi connectivity index (χ3n) is 4.86. The van der Waals surface area contributed by atoms with Gasteiger partial charge in [-0.1, -0.05) is 38.5 Å². The van der Waals surface area contributed by atoms with Gasteiger partial charge in [0.1, 0.15) is 0 Å². The van der Waals surface area contributed by atoms with Gasteiger partial charge in [0.25, 0.3) is 0 Å². The minimum atomic E-state index is -0.151. The van der Waals surface area contributed by atoms with E-state index in [2.05, 4.69) is 82.3 Å². The molecule has 0 nitrogen and oxygen atoms in total. The molecule has 0 heterocycles. The summed E-state index contributed by atoms with van der Waals surface area (Å²) in [6, 6.07) is 33.9. The number of hydrogen-bond acceptors (Lipinski definition) is 0.